The van der Waals surface area contributed by atoms with E-state index in [1.165, 1.54) is 32.6 Å². The molecule has 0 saturated carbocycles. The zero-order valence-electron chi connectivity index (χ0n) is 16.1. The number of aromatic carboxylic acids is 1. The Balaban J connectivity index is 2.08. The molecular formula is C20H21N2O6-. The minimum Gasteiger partial charge on any atom is -0.545 e. The third-order valence-electron chi connectivity index (χ3n) is 3.93. The number of amides is 1. The molecule has 8 nitrogen and oxygen atoms in total. The molecule has 0 aliphatic carbocycles. The van der Waals surface area contributed by atoms with E-state index in [-0.39, 0.29) is 29.2 Å². The molecule has 0 radical (unpaired) electrons. The van der Waals surface area contributed by atoms with Gasteiger partial charge in [0.05, 0.1) is 32.0 Å². The maximum atomic E-state index is 11.9. The van der Waals surface area contributed by atoms with Crippen LogP contribution in [-0.2, 0) is 4.79 Å². The average Bonchev–Trinajstić information content (AvgIpc) is 2.66. The fourth-order valence-electron chi connectivity index (χ4n) is 2.63. The number of benzene rings is 2. The third-order valence-corrected chi connectivity index (χ3v) is 3.93. The smallest absolute Gasteiger partial charge is 0.277 e. The molecule has 2 aromatic rings. The number of carboxylic acid groups (broad SMARTS) is 1. The van der Waals surface area contributed by atoms with Gasteiger partial charge in [-0.25, -0.2) is 5.43 Å². The third kappa shape index (κ3) is 4.79. The summed E-state index contributed by atoms with van der Waals surface area (Å²) >= 11 is 0. The fraction of sp³-hybridized carbons (Fsp3) is 0.250. The predicted octanol–water partition coefficient (Wildman–Crippen LogP) is 1.21. The van der Waals surface area contributed by atoms with Crippen molar-refractivity contribution in [2.24, 2.45) is 5.10 Å². The Morgan fingerprint density at radius 1 is 1.07 bits per heavy atom. The number of hydrogen-bond acceptors (Lipinski definition) is 7. The van der Waals surface area contributed by atoms with Crippen LogP contribution in [0.1, 0.15) is 27.0 Å². The monoisotopic (exact) mass is 385 g/mol. The van der Waals surface area contributed by atoms with Crippen LogP contribution in [0.15, 0.2) is 35.4 Å². The van der Waals surface area contributed by atoms with E-state index < -0.39 is 11.9 Å². The van der Waals surface area contributed by atoms with Crippen LogP contribution in [-0.4, -0.2) is 38.9 Å². The molecule has 1 amide bonds. The molecule has 148 valence electrons. The van der Waals surface area contributed by atoms with Crippen LogP contribution < -0.4 is 24.7 Å². The van der Waals surface area contributed by atoms with E-state index in [9.17, 15) is 14.7 Å². The number of carbonyl (C=O) groups excluding carboxylic acids is 2. The van der Waals surface area contributed by atoms with Crippen molar-refractivity contribution in [2.75, 3.05) is 20.8 Å². The van der Waals surface area contributed by atoms with Crippen LogP contribution in [0.2, 0.25) is 0 Å². The average molecular weight is 385 g/mol. The van der Waals surface area contributed by atoms with Crippen LogP contribution >= 0.6 is 0 Å². The summed E-state index contributed by atoms with van der Waals surface area (Å²) in [5.41, 5.74) is 4.08. The number of carboxylic acids is 1. The van der Waals surface area contributed by atoms with Gasteiger partial charge < -0.3 is 24.1 Å². The lowest BCUT2D eigenvalue weighted by Crippen LogP contribution is -2.26. The number of hydrazone groups is 1. The minimum absolute atomic E-state index is 0.0103. The second kappa shape index (κ2) is 9.40. The van der Waals surface area contributed by atoms with E-state index in [1.54, 1.807) is 0 Å². The maximum Gasteiger partial charge on any atom is 0.277 e. The topological polar surface area (TPSA) is 109 Å². The van der Waals surface area contributed by atoms with Gasteiger partial charge in [0, 0.05) is 5.56 Å². The molecule has 0 spiro atoms. The van der Waals surface area contributed by atoms with E-state index in [0.29, 0.717) is 5.75 Å². The zero-order valence-corrected chi connectivity index (χ0v) is 16.1. The number of ether oxygens (including phenoxy) is 3. The Bertz CT molecular complexity index is 888. The quantitative estimate of drug-likeness (QED) is 0.540. The van der Waals surface area contributed by atoms with Gasteiger partial charge >= 0.3 is 0 Å². The molecule has 2 aromatic carbocycles. The predicted molar refractivity (Wildman–Crippen MR) is 101 cm³/mol. The summed E-state index contributed by atoms with van der Waals surface area (Å²) in [5.74, 6) is -1.06. The lowest BCUT2D eigenvalue weighted by atomic mass is 10.1. The van der Waals surface area contributed by atoms with E-state index in [0.717, 1.165) is 11.1 Å². The lowest BCUT2D eigenvalue weighted by Gasteiger charge is -2.15. The molecule has 0 aliphatic rings. The number of methoxy groups -OCH3 is 2. The molecular weight excluding hydrogens is 364 g/mol. The molecule has 0 heterocycles. The van der Waals surface area contributed by atoms with Gasteiger partial charge in [0.25, 0.3) is 5.91 Å². The van der Waals surface area contributed by atoms with Crippen LogP contribution in [0.25, 0.3) is 0 Å². The van der Waals surface area contributed by atoms with Gasteiger partial charge in [-0.1, -0.05) is 18.2 Å². The highest BCUT2D eigenvalue weighted by Gasteiger charge is 2.15. The van der Waals surface area contributed by atoms with E-state index >= 15 is 0 Å². The van der Waals surface area contributed by atoms with E-state index in [1.807, 2.05) is 32.0 Å². The Kier molecular flexibility index (Phi) is 6.97. The molecule has 0 unspecified atom stereocenters. The number of aryl methyl sites for hydroxylation is 2. The summed E-state index contributed by atoms with van der Waals surface area (Å²) in [7, 11) is 2.71. The molecule has 28 heavy (non-hydrogen) atoms. The zero-order chi connectivity index (χ0) is 20.7. The molecule has 0 aliphatic heterocycles. The van der Waals surface area contributed by atoms with Crippen molar-refractivity contribution in [3.8, 4) is 17.2 Å². The second-order valence-corrected chi connectivity index (χ2v) is 5.86. The van der Waals surface area contributed by atoms with E-state index in [2.05, 4.69) is 10.5 Å². The number of hydrogen-bond donors (Lipinski definition) is 1. The summed E-state index contributed by atoms with van der Waals surface area (Å²) in [6.45, 7) is 3.54. The van der Waals surface area contributed by atoms with Crippen molar-refractivity contribution in [2.45, 2.75) is 13.8 Å². The Morgan fingerprint density at radius 2 is 1.75 bits per heavy atom. The Morgan fingerprint density at radius 3 is 2.32 bits per heavy atom. The molecule has 0 atom stereocenters. The number of rotatable bonds is 8. The van der Waals surface area contributed by atoms with Gasteiger partial charge in [-0.3, -0.25) is 4.79 Å². The lowest BCUT2D eigenvalue weighted by molar-refractivity contribution is -0.255. The Labute approximate surface area is 162 Å². The second-order valence-electron chi connectivity index (χ2n) is 5.86. The van der Waals surface area contributed by atoms with E-state index in [4.69, 9.17) is 14.2 Å². The first-order valence-corrected chi connectivity index (χ1v) is 8.36. The molecule has 2 rings (SSSR count). The summed E-state index contributed by atoms with van der Waals surface area (Å²) in [6, 6.07) is 8.67. The van der Waals surface area contributed by atoms with Crippen LogP contribution in [0.4, 0.5) is 0 Å². The summed E-state index contributed by atoms with van der Waals surface area (Å²) in [5, 5.41) is 15.3. The van der Waals surface area contributed by atoms with Crippen LogP contribution in [0.3, 0.4) is 0 Å². The molecule has 1 N–H and O–H groups in total. The van der Waals surface area contributed by atoms with Crippen molar-refractivity contribution in [1.29, 1.82) is 0 Å². The minimum atomic E-state index is -1.46. The maximum absolute atomic E-state index is 11.9. The number of carbonyl (C=O) groups is 2. The molecule has 0 aromatic heterocycles. The first-order chi connectivity index (χ1) is 13.4. The van der Waals surface area contributed by atoms with Crippen molar-refractivity contribution in [1.82, 2.24) is 5.43 Å². The van der Waals surface area contributed by atoms with Gasteiger partial charge in [0.1, 0.15) is 5.75 Å². The highest BCUT2D eigenvalue weighted by atomic mass is 16.5. The number of para-hydroxylation sites is 1. The van der Waals surface area contributed by atoms with Gasteiger partial charge in [-0.05, 0) is 37.1 Å². The molecule has 0 fully saturated rings. The number of nitrogens with one attached hydrogen (secondary N) is 1. The van der Waals surface area contributed by atoms with Crippen LogP contribution in [0.5, 0.6) is 17.2 Å². The van der Waals surface area contributed by atoms with Crippen molar-refractivity contribution in [3.05, 3.63) is 52.6 Å². The van der Waals surface area contributed by atoms with Gasteiger partial charge in [-0.15, -0.1) is 0 Å². The summed E-state index contributed by atoms with van der Waals surface area (Å²) < 4.78 is 15.7. The van der Waals surface area contributed by atoms with Gasteiger partial charge in [-0.2, -0.15) is 5.10 Å². The molecule has 0 bridgehead atoms. The number of nitrogens with zero attached hydrogens (tertiary/aromatic N) is 1. The van der Waals surface area contributed by atoms with Crippen LogP contribution in [0, 0.1) is 13.8 Å². The largest absolute Gasteiger partial charge is 0.545 e. The Hall–Kier alpha value is -3.55. The van der Waals surface area contributed by atoms with Crippen molar-refractivity contribution < 1.29 is 28.9 Å². The highest BCUT2D eigenvalue weighted by molar-refractivity contribution is 6.01. The standard InChI is InChI=1S/C20H22N2O6/c1-12-6-5-7-13(2)18(12)28-11-16(23)22-21-10-14-8-9-15(26-3)19(27-4)17(14)20(24)25/h5-10H,11H2,1-4H3,(H,22,23)(H,24,25)/p-1/b21-10-. The summed E-state index contributed by atoms with van der Waals surface area (Å²) in [6.07, 6.45) is 1.18. The van der Waals surface area contributed by atoms with Crippen molar-refractivity contribution >= 4 is 18.1 Å². The molecule has 0 saturated heterocycles. The highest BCUT2D eigenvalue weighted by Crippen LogP contribution is 2.32. The van der Waals surface area contributed by atoms with Gasteiger partial charge in [0.15, 0.2) is 18.1 Å². The normalized spacial score (nSPS) is 10.6. The fourth-order valence-corrected chi connectivity index (χ4v) is 2.63. The molecule has 8 heteroatoms. The van der Waals surface area contributed by atoms with Gasteiger partial charge in [0.2, 0.25) is 0 Å². The summed E-state index contributed by atoms with van der Waals surface area (Å²) in [4.78, 5) is 23.4. The SMILES string of the molecule is COc1ccc(/C=N\NC(=O)COc2c(C)cccc2C)c(C(=O)[O-])c1OC. The first-order valence-electron chi connectivity index (χ1n) is 8.36. The first kappa shape index (κ1) is 20.8. The van der Waals surface area contributed by atoms with Crippen molar-refractivity contribution in [3.63, 3.8) is 0 Å².